The number of carbonyl (C=O) groups is 1. The second kappa shape index (κ2) is 8.76. The van der Waals surface area contributed by atoms with E-state index in [2.05, 4.69) is 17.4 Å². The van der Waals surface area contributed by atoms with Crippen LogP contribution >= 0.6 is 11.6 Å². The van der Waals surface area contributed by atoms with E-state index in [9.17, 15) is 13.2 Å². The van der Waals surface area contributed by atoms with Gasteiger partial charge in [0.2, 0.25) is 10.0 Å². The summed E-state index contributed by atoms with van der Waals surface area (Å²) in [7, 11) is -3.30. The molecule has 2 aromatic carbocycles. The largest absolute Gasteiger partial charge is 0.352 e. The summed E-state index contributed by atoms with van der Waals surface area (Å²) >= 11 is 6.26. The lowest BCUT2D eigenvalue weighted by molar-refractivity contribution is 0.0953. The Morgan fingerprint density at radius 3 is 2.59 bits per heavy atom. The number of rotatable bonds is 6. The van der Waals surface area contributed by atoms with Crippen LogP contribution in [-0.4, -0.2) is 33.2 Å². The van der Waals surface area contributed by atoms with Crippen molar-refractivity contribution in [3.63, 3.8) is 0 Å². The zero-order valence-electron chi connectivity index (χ0n) is 15.0. The summed E-state index contributed by atoms with van der Waals surface area (Å²) in [4.78, 5) is 12.4. The van der Waals surface area contributed by atoms with E-state index in [1.807, 2.05) is 18.2 Å². The van der Waals surface area contributed by atoms with E-state index in [0.717, 1.165) is 19.3 Å². The van der Waals surface area contributed by atoms with Gasteiger partial charge in [0.25, 0.3) is 5.91 Å². The van der Waals surface area contributed by atoms with Gasteiger partial charge in [0.1, 0.15) is 0 Å². The molecule has 0 bridgehead atoms. The Morgan fingerprint density at radius 1 is 1.11 bits per heavy atom. The average Bonchev–Trinajstić information content (AvgIpc) is 2.65. The minimum absolute atomic E-state index is 0.147. The smallest absolute Gasteiger partial charge is 0.252 e. The number of hydrogen-bond donors (Lipinski definition) is 1. The maximum absolute atomic E-state index is 12.4. The summed E-state index contributed by atoms with van der Waals surface area (Å²) in [5.74, 6) is -0.102. The molecule has 1 fully saturated rings. The summed E-state index contributed by atoms with van der Waals surface area (Å²) < 4.78 is 25.8. The van der Waals surface area contributed by atoms with Gasteiger partial charge < -0.3 is 5.32 Å². The number of amides is 1. The molecule has 1 aliphatic rings. The van der Waals surface area contributed by atoms with E-state index in [1.165, 1.54) is 9.87 Å². The molecule has 0 radical (unpaired) electrons. The van der Waals surface area contributed by atoms with Crippen LogP contribution in [-0.2, 0) is 16.4 Å². The van der Waals surface area contributed by atoms with E-state index >= 15 is 0 Å². The molecule has 27 heavy (non-hydrogen) atoms. The summed E-state index contributed by atoms with van der Waals surface area (Å²) in [5, 5.41) is 3.13. The Labute approximate surface area is 165 Å². The third-order valence-corrected chi connectivity index (χ3v) is 6.79. The number of halogens is 1. The van der Waals surface area contributed by atoms with Gasteiger partial charge in [-0.15, -0.1) is 0 Å². The van der Waals surface area contributed by atoms with E-state index in [1.54, 1.807) is 18.2 Å². The maximum atomic E-state index is 12.4. The molecule has 0 saturated carbocycles. The number of nitrogens with zero attached hydrogens (tertiary/aromatic N) is 1. The van der Waals surface area contributed by atoms with Crippen LogP contribution in [0.25, 0.3) is 0 Å². The van der Waals surface area contributed by atoms with Crippen molar-refractivity contribution in [1.29, 1.82) is 0 Å². The molecular weight excluding hydrogens is 384 g/mol. The SMILES string of the molecule is O=C(NCCCc1ccccc1)c1ccc(N2CCCCS2(=O)=O)cc1Cl. The van der Waals surface area contributed by atoms with Gasteiger partial charge >= 0.3 is 0 Å². The molecule has 3 rings (SSSR count). The van der Waals surface area contributed by atoms with Crippen molar-refractivity contribution >= 4 is 33.2 Å². The van der Waals surface area contributed by atoms with Crippen LogP contribution in [0.1, 0.15) is 35.2 Å². The van der Waals surface area contributed by atoms with E-state index in [0.29, 0.717) is 30.8 Å². The van der Waals surface area contributed by atoms with Gasteiger partial charge in [-0.1, -0.05) is 41.9 Å². The van der Waals surface area contributed by atoms with Crippen LogP contribution in [0.15, 0.2) is 48.5 Å². The fraction of sp³-hybridized carbons (Fsp3) is 0.350. The molecule has 1 saturated heterocycles. The first kappa shape index (κ1) is 19.7. The van der Waals surface area contributed by atoms with Crippen molar-refractivity contribution in [2.45, 2.75) is 25.7 Å². The molecule has 0 atom stereocenters. The number of aryl methyl sites for hydroxylation is 1. The van der Waals surface area contributed by atoms with Crippen LogP contribution in [0.4, 0.5) is 5.69 Å². The Kier molecular flexibility index (Phi) is 6.39. The summed E-state index contributed by atoms with van der Waals surface area (Å²) in [5.41, 5.74) is 2.10. The molecule has 7 heteroatoms. The van der Waals surface area contributed by atoms with Gasteiger partial charge in [-0.2, -0.15) is 0 Å². The van der Waals surface area contributed by atoms with Crippen molar-refractivity contribution < 1.29 is 13.2 Å². The van der Waals surface area contributed by atoms with Crippen LogP contribution in [0.5, 0.6) is 0 Å². The predicted octanol–water partition coefficient (Wildman–Crippen LogP) is 3.63. The normalized spacial score (nSPS) is 16.1. The van der Waals surface area contributed by atoms with Crippen molar-refractivity contribution in [3.8, 4) is 0 Å². The Bertz CT molecular complexity index is 901. The second-order valence-corrected chi connectivity index (χ2v) is 9.02. The lowest BCUT2D eigenvalue weighted by Crippen LogP contribution is -2.37. The maximum Gasteiger partial charge on any atom is 0.252 e. The van der Waals surface area contributed by atoms with Crippen LogP contribution in [0.3, 0.4) is 0 Å². The molecule has 1 N–H and O–H groups in total. The van der Waals surface area contributed by atoms with Gasteiger partial charge in [-0.25, -0.2) is 8.42 Å². The predicted molar refractivity (Wildman–Crippen MR) is 109 cm³/mol. The third kappa shape index (κ3) is 5.02. The molecule has 2 aromatic rings. The van der Waals surface area contributed by atoms with E-state index in [-0.39, 0.29) is 16.7 Å². The molecule has 5 nitrogen and oxygen atoms in total. The first-order valence-electron chi connectivity index (χ1n) is 9.09. The Hall–Kier alpha value is -2.05. The summed E-state index contributed by atoms with van der Waals surface area (Å²) in [6.45, 7) is 0.996. The zero-order chi connectivity index (χ0) is 19.3. The van der Waals surface area contributed by atoms with Crippen molar-refractivity contribution in [1.82, 2.24) is 5.32 Å². The first-order chi connectivity index (χ1) is 13.0. The highest BCUT2D eigenvalue weighted by Gasteiger charge is 2.26. The highest BCUT2D eigenvalue weighted by Crippen LogP contribution is 2.28. The fourth-order valence-corrected chi connectivity index (χ4v) is 5.05. The molecule has 1 heterocycles. The molecule has 0 spiro atoms. The first-order valence-corrected chi connectivity index (χ1v) is 11.1. The molecule has 0 unspecified atom stereocenters. The minimum atomic E-state index is -3.30. The minimum Gasteiger partial charge on any atom is -0.352 e. The van der Waals surface area contributed by atoms with Crippen LogP contribution < -0.4 is 9.62 Å². The molecule has 1 aliphatic heterocycles. The van der Waals surface area contributed by atoms with Gasteiger partial charge in [0.15, 0.2) is 0 Å². The van der Waals surface area contributed by atoms with Gasteiger partial charge in [0, 0.05) is 13.1 Å². The monoisotopic (exact) mass is 406 g/mol. The van der Waals surface area contributed by atoms with E-state index in [4.69, 9.17) is 11.6 Å². The van der Waals surface area contributed by atoms with Gasteiger partial charge in [-0.3, -0.25) is 9.10 Å². The topological polar surface area (TPSA) is 66.5 Å². The van der Waals surface area contributed by atoms with E-state index < -0.39 is 10.0 Å². The number of nitrogens with one attached hydrogen (secondary N) is 1. The Morgan fingerprint density at radius 2 is 1.89 bits per heavy atom. The zero-order valence-corrected chi connectivity index (χ0v) is 16.6. The quantitative estimate of drug-likeness (QED) is 0.745. The second-order valence-electron chi connectivity index (χ2n) is 6.60. The Balaban J connectivity index is 1.59. The van der Waals surface area contributed by atoms with Crippen LogP contribution in [0, 0.1) is 0 Å². The molecule has 0 aliphatic carbocycles. The summed E-state index contributed by atoms with van der Waals surface area (Å²) in [6, 6.07) is 14.9. The highest BCUT2D eigenvalue weighted by atomic mass is 35.5. The average molecular weight is 407 g/mol. The number of anilines is 1. The lowest BCUT2D eigenvalue weighted by Gasteiger charge is -2.28. The van der Waals surface area contributed by atoms with Gasteiger partial charge in [0.05, 0.1) is 22.0 Å². The van der Waals surface area contributed by atoms with Crippen molar-refractivity contribution in [3.05, 3.63) is 64.7 Å². The van der Waals surface area contributed by atoms with Crippen LogP contribution in [0.2, 0.25) is 5.02 Å². The number of carbonyl (C=O) groups excluding carboxylic acids is 1. The van der Waals surface area contributed by atoms with Crippen molar-refractivity contribution in [2.75, 3.05) is 23.1 Å². The molecular formula is C20H23ClN2O3S. The fourth-order valence-electron chi connectivity index (χ4n) is 3.16. The highest BCUT2D eigenvalue weighted by molar-refractivity contribution is 7.92. The van der Waals surface area contributed by atoms with Crippen molar-refractivity contribution in [2.24, 2.45) is 0 Å². The molecule has 144 valence electrons. The number of sulfonamides is 1. The number of benzene rings is 2. The number of hydrogen-bond acceptors (Lipinski definition) is 3. The summed E-state index contributed by atoms with van der Waals surface area (Å²) in [6.07, 6.45) is 3.22. The lowest BCUT2D eigenvalue weighted by atomic mass is 10.1. The standard InChI is InChI=1S/C20H23ClN2O3S/c21-19-15-17(23-13-4-5-14-27(23,25)26)10-11-18(19)20(24)22-12-6-9-16-7-2-1-3-8-16/h1-3,7-8,10-11,15H,4-6,9,12-14H2,(H,22,24). The molecule has 1 amide bonds. The molecule has 0 aromatic heterocycles. The third-order valence-electron chi connectivity index (χ3n) is 4.61. The van der Waals surface area contributed by atoms with Gasteiger partial charge in [-0.05, 0) is 49.4 Å².